The standard InChI is InChI=1S/C14H20N2S/c1-3-16-12(2)13-6-8-14(9-7-13)17-11-5-4-10-15/h6-9,12,16H,3-5,11H2,1-2H3. The number of rotatable bonds is 7. The van der Waals surface area contributed by atoms with Gasteiger partial charge in [0.15, 0.2) is 0 Å². The van der Waals surface area contributed by atoms with Crippen molar-refractivity contribution in [3.05, 3.63) is 29.8 Å². The van der Waals surface area contributed by atoms with Gasteiger partial charge in [0, 0.05) is 17.4 Å². The minimum absolute atomic E-state index is 0.414. The van der Waals surface area contributed by atoms with Gasteiger partial charge in [-0.3, -0.25) is 0 Å². The maximum Gasteiger partial charge on any atom is 0.0622 e. The van der Waals surface area contributed by atoms with Crippen molar-refractivity contribution in [3.8, 4) is 6.07 Å². The van der Waals surface area contributed by atoms with Gasteiger partial charge in [0.1, 0.15) is 0 Å². The number of nitriles is 1. The van der Waals surface area contributed by atoms with Gasteiger partial charge in [0.05, 0.1) is 6.07 Å². The van der Waals surface area contributed by atoms with Crippen LogP contribution in [-0.4, -0.2) is 12.3 Å². The number of hydrogen-bond donors (Lipinski definition) is 1. The second kappa shape index (κ2) is 8.16. The smallest absolute Gasteiger partial charge is 0.0622 e. The lowest BCUT2D eigenvalue weighted by Gasteiger charge is -2.12. The van der Waals surface area contributed by atoms with Crippen LogP contribution in [0.15, 0.2) is 29.2 Å². The van der Waals surface area contributed by atoms with Gasteiger partial charge >= 0.3 is 0 Å². The molecule has 0 spiro atoms. The Balaban J connectivity index is 2.42. The van der Waals surface area contributed by atoms with Crippen molar-refractivity contribution in [2.24, 2.45) is 0 Å². The second-order valence-corrected chi connectivity index (χ2v) is 5.13. The zero-order valence-electron chi connectivity index (χ0n) is 10.6. The number of benzene rings is 1. The number of nitrogens with zero attached hydrogens (tertiary/aromatic N) is 1. The number of hydrogen-bond acceptors (Lipinski definition) is 3. The highest BCUT2D eigenvalue weighted by molar-refractivity contribution is 7.99. The molecule has 1 aromatic carbocycles. The van der Waals surface area contributed by atoms with Crippen molar-refractivity contribution in [2.75, 3.05) is 12.3 Å². The predicted octanol–water partition coefficient (Wildman–Crippen LogP) is 3.75. The molecule has 1 aromatic rings. The first-order chi connectivity index (χ1) is 8.27. The molecule has 0 aliphatic carbocycles. The topological polar surface area (TPSA) is 35.8 Å². The van der Waals surface area contributed by atoms with Crippen molar-refractivity contribution in [1.82, 2.24) is 5.32 Å². The summed E-state index contributed by atoms with van der Waals surface area (Å²) in [4.78, 5) is 1.29. The SMILES string of the molecule is CCNC(C)c1ccc(SCCCC#N)cc1. The quantitative estimate of drug-likeness (QED) is 0.589. The Hall–Kier alpha value is -0.980. The zero-order chi connectivity index (χ0) is 12.5. The van der Waals surface area contributed by atoms with Crippen LogP contribution in [0.5, 0.6) is 0 Å². The van der Waals surface area contributed by atoms with Crippen molar-refractivity contribution in [3.63, 3.8) is 0 Å². The van der Waals surface area contributed by atoms with Gasteiger partial charge in [-0.25, -0.2) is 0 Å². The van der Waals surface area contributed by atoms with Crippen LogP contribution in [0.4, 0.5) is 0 Å². The van der Waals surface area contributed by atoms with E-state index in [9.17, 15) is 0 Å². The van der Waals surface area contributed by atoms with Gasteiger partial charge < -0.3 is 5.32 Å². The number of unbranched alkanes of at least 4 members (excludes halogenated alkanes) is 1. The molecule has 0 heterocycles. The highest BCUT2D eigenvalue weighted by Crippen LogP contribution is 2.21. The minimum atomic E-state index is 0.414. The average molecular weight is 248 g/mol. The third-order valence-electron chi connectivity index (χ3n) is 2.59. The molecule has 0 aliphatic heterocycles. The summed E-state index contributed by atoms with van der Waals surface area (Å²) in [6, 6.07) is 11.3. The van der Waals surface area contributed by atoms with Crippen LogP contribution in [-0.2, 0) is 0 Å². The van der Waals surface area contributed by atoms with Crippen molar-refractivity contribution in [1.29, 1.82) is 5.26 Å². The van der Waals surface area contributed by atoms with Crippen molar-refractivity contribution < 1.29 is 0 Å². The van der Waals surface area contributed by atoms with E-state index in [4.69, 9.17) is 5.26 Å². The van der Waals surface area contributed by atoms with E-state index in [1.165, 1.54) is 10.5 Å². The van der Waals surface area contributed by atoms with E-state index >= 15 is 0 Å². The molecule has 1 rings (SSSR count). The lowest BCUT2D eigenvalue weighted by molar-refractivity contribution is 0.598. The average Bonchev–Trinajstić information content (AvgIpc) is 2.36. The highest BCUT2D eigenvalue weighted by atomic mass is 32.2. The van der Waals surface area contributed by atoms with E-state index in [1.807, 2.05) is 11.8 Å². The van der Waals surface area contributed by atoms with Crippen LogP contribution in [0, 0.1) is 11.3 Å². The Kier molecular flexibility index (Phi) is 6.76. The Morgan fingerprint density at radius 2 is 2.06 bits per heavy atom. The van der Waals surface area contributed by atoms with E-state index in [-0.39, 0.29) is 0 Å². The first-order valence-corrected chi connectivity index (χ1v) is 7.09. The van der Waals surface area contributed by atoms with Crippen LogP contribution in [0.2, 0.25) is 0 Å². The van der Waals surface area contributed by atoms with Crippen molar-refractivity contribution in [2.45, 2.75) is 37.6 Å². The van der Waals surface area contributed by atoms with Crippen molar-refractivity contribution >= 4 is 11.8 Å². The molecule has 1 atom stereocenters. The maximum absolute atomic E-state index is 8.45. The molecule has 1 unspecified atom stereocenters. The molecule has 0 amide bonds. The van der Waals surface area contributed by atoms with E-state index in [2.05, 4.69) is 49.5 Å². The van der Waals surface area contributed by atoms with Gasteiger partial charge in [0.2, 0.25) is 0 Å². The molecule has 1 N–H and O–H groups in total. The molecule has 3 heteroatoms. The predicted molar refractivity (Wildman–Crippen MR) is 74.1 cm³/mol. The van der Waals surface area contributed by atoms with Gasteiger partial charge in [0.25, 0.3) is 0 Å². The summed E-state index contributed by atoms with van der Waals surface area (Å²) < 4.78 is 0. The minimum Gasteiger partial charge on any atom is -0.310 e. The lowest BCUT2D eigenvalue weighted by Crippen LogP contribution is -2.17. The molecular formula is C14H20N2S. The molecule has 0 aliphatic rings. The third-order valence-corrected chi connectivity index (χ3v) is 3.69. The van der Waals surface area contributed by atoms with Gasteiger partial charge in [-0.15, -0.1) is 11.8 Å². The van der Waals surface area contributed by atoms with Crippen LogP contribution in [0.1, 0.15) is 38.3 Å². The van der Waals surface area contributed by atoms with Gasteiger partial charge in [-0.05, 0) is 43.3 Å². The normalized spacial score (nSPS) is 12.1. The fourth-order valence-electron chi connectivity index (χ4n) is 1.62. The summed E-state index contributed by atoms with van der Waals surface area (Å²) in [5, 5.41) is 11.8. The molecule has 0 bridgehead atoms. The molecule has 2 nitrogen and oxygen atoms in total. The van der Waals surface area contributed by atoms with Crippen LogP contribution in [0.25, 0.3) is 0 Å². The summed E-state index contributed by atoms with van der Waals surface area (Å²) in [7, 11) is 0. The summed E-state index contributed by atoms with van der Waals surface area (Å²) >= 11 is 1.82. The Bertz CT molecular complexity index is 353. The van der Waals surface area contributed by atoms with Crippen LogP contribution >= 0.6 is 11.8 Å². The maximum atomic E-state index is 8.45. The fraction of sp³-hybridized carbons (Fsp3) is 0.500. The monoisotopic (exact) mass is 248 g/mol. The fourth-order valence-corrected chi connectivity index (χ4v) is 2.47. The second-order valence-electron chi connectivity index (χ2n) is 3.96. The third kappa shape index (κ3) is 5.25. The number of nitrogens with one attached hydrogen (secondary N) is 1. The molecule has 0 radical (unpaired) electrons. The Morgan fingerprint density at radius 1 is 1.35 bits per heavy atom. The Labute approximate surface area is 108 Å². The summed E-state index contributed by atoms with van der Waals surface area (Å²) in [6.45, 7) is 5.29. The molecule has 0 fully saturated rings. The molecule has 0 saturated carbocycles. The first kappa shape index (κ1) is 14.1. The molecule has 92 valence electrons. The highest BCUT2D eigenvalue weighted by Gasteiger charge is 2.03. The van der Waals surface area contributed by atoms with Crippen LogP contribution in [0.3, 0.4) is 0 Å². The summed E-state index contributed by atoms with van der Waals surface area (Å²) in [5.74, 6) is 1.02. The van der Waals surface area contributed by atoms with Gasteiger partial charge in [-0.1, -0.05) is 19.1 Å². The Morgan fingerprint density at radius 3 is 2.65 bits per heavy atom. The van der Waals surface area contributed by atoms with E-state index in [0.717, 1.165) is 18.7 Å². The summed E-state index contributed by atoms with van der Waals surface area (Å²) in [6.07, 6.45) is 1.62. The largest absolute Gasteiger partial charge is 0.310 e. The summed E-state index contributed by atoms with van der Waals surface area (Å²) in [5.41, 5.74) is 1.33. The zero-order valence-corrected chi connectivity index (χ0v) is 11.4. The van der Waals surface area contributed by atoms with Gasteiger partial charge in [-0.2, -0.15) is 5.26 Å². The first-order valence-electron chi connectivity index (χ1n) is 6.11. The van der Waals surface area contributed by atoms with E-state index in [0.29, 0.717) is 12.5 Å². The number of thioether (sulfide) groups is 1. The molecular weight excluding hydrogens is 228 g/mol. The van der Waals surface area contributed by atoms with E-state index in [1.54, 1.807) is 0 Å². The molecule has 0 saturated heterocycles. The van der Waals surface area contributed by atoms with Crippen LogP contribution < -0.4 is 5.32 Å². The molecule has 17 heavy (non-hydrogen) atoms. The lowest BCUT2D eigenvalue weighted by atomic mass is 10.1. The van der Waals surface area contributed by atoms with E-state index < -0.39 is 0 Å². The molecule has 0 aromatic heterocycles.